The van der Waals surface area contributed by atoms with Crippen molar-refractivity contribution in [2.45, 2.75) is 32.9 Å². The van der Waals surface area contributed by atoms with Gasteiger partial charge in [0.25, 0.3) is 5.91 Å². The minimum absolute atomic E-state index is 0.0195. The second-order valence-electron chi connectivity index (χ2n) is 6.75. The second kappa shape index (κ2) is 8.46. The van der Waals surface area contributed by atoms with Gasteiger partial charge in [-0.15, -0.1) is 0 Å². The number of ether oxygens (including phenoxy) is 1. The van der Waals surface area contributed by atoms with E-state index in [1.165, 1.54) is 0 Å². The van der Waals surface area contributed by atoms with Gasteiger partial charge in [-0.05, 0) is 56.7 Å². The van der Waals surface area contributed by atoms with E-state index in [9.17, 15) is 4.79 Å². The van der Waals surface area contributed by atoms with E-state index in [4.69, 9.17) is 26.6 Å². The van der Waals surface area contributed by atoms with Crippen molar-refractivity contribution in [2.75, 3.05) is 5.32 Å². The third-order valence-corrected chi connectivity index (χ3v) is 4.31. The largest absolute Gasteiger partial charge is 0.489 e. The molecule has 0 saturated carbocycles. The monoisotopic (exact) mass is 399 g/mol. The predicted molar refractivity (Wildman–Crippen MR) is 110 cm³/mol. The van der Waals surface area contributed by atoms with Crippen molar-refractivity contribution in [1.29, 1.82) is 0 Å². The Kier molecular flexibility index (Phi) is 6.02. The first-order valence-corrected chi connectivity index (χ1v) is 9.31. The number of carbonyl (C=O) groups is 1. The summed E-state index contributed by atoms with van der Waals surface area (Å²) in [5.74, 6) is 0.665. The number of carbonyl (C=O) groups excluding carboxylic acids is 1. The SMILES string of the molecule is CC(C)Oc1ccc(-c2cc(C(=O)Nc3ccc([C@@H](C)N)cc3)no2)cc1Cl. The van der Waals surface area contributed by atoms with Crippen molar-refractivity contribution >= 4 is 23.2 Å². The molecular formula is C21H22ClN3O3. The average molecular weight is 400 g/mol. The number of aromatic nitrogens is 1. The zero-order valence-electron chi connectivity index (χ0n) is 15.9. The summed E-state index contributed by atoms with van der Waals surface area (Å²) in [6.07, 6.45) is 0.0195. The highest BCUT2D eigenvalue weighted by Crippen LogP contribution is 2.31. The predicted octanol–water partition coefficient (Wildman–Crippen LogP) is 5.05. The van der Waals surface area contributed by atoms with Crippen LogP contribution in [0.5, 0.6) is 5.75 Å². The fraction of sp³-hybridized carbons (Fsp3) is 0.238. The summed E-state index contributed by atoms with van der Waals surface area (Å²) in [7, 11) is 0. The molecule has 7 heteroatoms. The first kappa shape index (κ1) is 19.9. The molecule has 3 N–H and O–H groups in total. The van der Waals surface area contributed by atoms with Gasteiger partial charge in [0.1, 0.15) is 5.75 Å². The molecule has 0 fully saturated rings. The van der Waals surface area contributed by atoms with Gasteiger partial charge in [-0.3, -0.25) is 4.79 Å². The summed E-state index contributed by atoms with van der Waals surface area (Å²) in [6, 6.07) is 14.1. The van der Waals surface area contributed by atoms with Crippen LogP contribution in [-0.4, -0.2) is 17.2 Å². The lowest BCUT2D eigenvalue weighted by atomic mass is 10.1. The standard InChI is InChI=1S/C21H22ClN3O3/c1-12(2)27-19-9-6-15(10-17(19)22)20-11-18(25-28-20)21(26)24-16-7-4-14(5-8-16)13(3)23/h4-13H,23H2,1-3H3,(H,24,26)/t13-/m1/s1. The van der Waals surface area contributed by atoms with Crippen molar-refractivity contribution in [3.8, 4) is 17.1 Å². The van der Waals surface area contributed by atoms with Crippen molar-refractivity contribution in [3.63, 3.8) is 0 Å². The molecule has 1 amide bonds. The first-order chi connectivity index (χ1) is 13.3. The average Bonchev–Trinajstić information content (AvgIpc) is 3.14. The zero-order chi connectivity index (χ0) is 20.3. The molecule has 146 valence electrons. The number of nitrogens with one attached hydrogen (secondary N) is 1. The highest BCUT2D eigenvalue weighted by Gasteiger charge is 2.15. The fourth-order valence-electron chi connectivity index (χ4n) is 2.59. The van der Waals surface area contributed by atoms with E-state index in [0.717, 1.165) is 5.56 Å². The Morgan fingerprint density at radius 3 is 2.46 bits per heavy atom. The normalized spacial score (nSPS) is 12.1. The van der Waals surface area contributed by atoms with Crippen LogP contribution < -0.4 is 15.8 Å². The van der Waals surface area contributed by atoms with Gasteiger partial charge in [0.05, 0.1) is 11.1 Å². The Hall–Kier alpha value is -2.83. The van der Waals surface area contributed by atoms with Crippen molar-refractivity contribution < 1.29 is 14.1 Å². The van der Waals surface area contributed by atoms with Crippen LogP contribution in [0, 0.1) is 0 Å². The third kappa shape index (κ3) is 4.71. The zero-order valence-corrected chi connectivity index (χ0v) is 16.7. The maximum Gasteiger partial charge on any atom is 0.277 e. The van der Waals surface area contributed by atoms with Gasteiger partial charge in [-0.2, -0.15) is 0 Å². The molecule has 0 aliphatic carbocycles. The van der Waals surface area contributed by atoms with Gasteiger partial charge >= 0.3 is 0 Å². The van der Waals surface area contributed by atoms with Crippen LogP contribution in [0.4, 0.5) is 5.69 Å². The molecule has 3 rings (SSSR count). The van der Waals surface area contributed by atoms with Crippen LogP contribution in [0.25, 0.3) is 11.3 Å². The van der Waals surface area contributed by atoms with Gasteiger partial charge in [-0.25, -0.2) is 0 Å². The van der Waals surface area contributed by atoms with Gasteiger partial charge in [-0.1, -0.05) is 28.9 Å². The first-order valence-electron chi connectivity index (χ1n) is 8.93. The van der Waals surface area contributed by atoms with Crippen LogP contribution in [0.3, 0.4) is 0 Å². The Labute approximate surface area is 168 Å². The minimum Gasteiger partial charge on any atom is -0.489 e. The fourth-order valence-corrected chi connectivity index (χ4v) is 2.81. The van der Waals surface area contributed by atoms with E-state index < -0.39 is 0 Å². The van der Waals surface area contributed by atoms with Crippen LogP contribution in [-0.2, 0) is 0 Å². The number of hydrogen-bond acceptors (Lipinski definition) is 5. The van der Waals surface area contributed by atoms with Crippen molar-refractivity contribution in [3.05, 3.63) is 64.8 Å². The van der Waals surface area contributed by atoms with Gasteiger partial charge in [0.2, 0.25) is 0 Å². The molecule has 0 radical (unpaired) electrons. The molecule has 0 bridgehead atoms. The number of amides is 1. The number of nitrogens with two attached hydrogens (primary N) is 1. The second-order valence-corrected chi connectivity index (χ2v) is 7.16. The lowest BCUT2D eigenvalue weighted by Crippen LogP contribution is -2.12. The number of halogens is 1. The molecule has 1 aromatic heterocycles. The molecule has 3 aromatic rings. The number of nitrogens with zero attached hydrogens (tertiary/aromatic N) is 1. The maximum absolute atomic E-state index is 12.4. The Morgan fingerprint density at radius 2 is 1.86 bits per heavy atom. The molecular weight excluding hydrogens is 378 g/mol. The van der Waals surface area contributed by atoms with Crippen LogP contribution in [0.15, 0.2) is 53.1 Å². The highest BCUT2D eigenvalue weighted by molar-refractivity contribution is 6.32. The molecule has 2 aromatic carbocycles. The van der Waals surface area contributed by atoms with E-state index in [1.807, 2.05) is 32.9 Å². The van der Waals surface area contributed by atoms with Crippen LogP contribution in [0.1, 0.15) is 42.9 Å². The summed E-state index contributed by atoms with van der Waals surface area (Å²) in [5.41, 5.74) is 8.34. The lowest BCUT2D eigenvalue weighted by molar-refractivity contribution is 0.101. The molecule has 1 heterocycles. The highest BCUT2D eigenvalue weighted by atomic mass is 35.5. The number of rotatable bonds is 6. The van der Waals surface area contributed by atoms with Gasteiger partial charge in [0.15, 0.2) is 11.5 Å². The molecule has 0 aliphatic heterocycles. The summed E-state index contributed by atoms with van der Waals surface area (Å²) in [4.78, 5) is 12.4. The van der Waals surface area contributed by atoms with Crippen LogP contribution in [0.2, 0.25) is 5.02 Å². The molecule has 0 saturated heterocycles. The Morgan fingerprint density at radius 1 is 1.14 bits per heavy atom. The van der Waals surface area contributed by atoms with E-state index in [2.05, 4.69) is 10.5 Å². The van der Waals surface area contributed by atoms with Gasteiger partial charge in [0, 0.05) is 23.4 Å². The number of hydrogen-bond donors (Lipinski definition) is 2. The molecule has 1 atom stereocenters. The van der Waals surface area contributed by atoms with E-state index in [0.29, 0.717) is 27.8 Å². The lowest BCUT2D eigenvalue weighted by Gasteiger charge is -2.11. The van der Waals surface area contributed by atoms with E-state index in [1.54, 1.807) is 36.4 Å². The summed E-state index contributed by atoms with van der Waals surface area (Å²) >= 11 is 6.26. The Balaban J connectivity index is 1.72. The summed E-state index contributed by atoms with van der Waals surface area (Å²) < 4.78 is 10.9. The molecule has 6 nitrogen and oxygen atoms in total. The summed E-state index contributed by atoms with van der Waals surface area (Å²) in [6.45, 7) is 5.75. The molecule has 0 spiro atoms. The van der Waals surface area contributed by atoms with Crippen LogP contribution >= 0.6 is 11.6 Å². The van der Waals surface area contributed by atoms with Crippen molar-refractivity contribution in [2.24, 2.45) is 5.73 Å². The molecule has 0 unspecified atom stereocenters. The quantitative estimate of drug-likeness (QED) is 0.605. The molecule has 28 heavy (non-hydrogen) atoms. The number of benzene rings is 2. The maximum atomic E-state index is 12.4. The minimum atomic E-state index is -0.366. The van der Waals surface area contributed by atoms with E-state index in [-0.39, 0.29) is 23.7 Å². The molecule has 0 aliphatic rings. The number of anilines is 1. The van der Waals surface area contributed by atoms with Gasteiger partial charge < -0.3 is 20.3 Å². The third-order valence-electron chi connectivity index (χ3n) is 4.02. The topological polar surface area (TPSA) is 90.4 Å². The smallest absolute Gasteiger partial charge is 0.277 e. The van der Waals surface area contributed by atoms with Crippen molar-refractivity contribution in [1.82, 2.24) is 5.16 Å². The Bertz CT molecular complexity index is 965. The van der Waals surface area contributed by atoms with E-state index >= 15 is 0 Å². The summed E-state index contributed by atoms with van der Waals surface area (Å²) in [5, 5.41) is 7.10.